The van der Waals surface area contributed by atoms with Crippen LogP contribution in [0.2, 0.25) is 0 Å². The van der Waals surface area contributed by atoms with Crippen LogP contribution in [0.1, 0.15) is 26.0 Å². The first-order chi connectivity index (χ1) is 9.22. The van der Waals surface area contributed by atoms with Crippen LogP contribution in [0.5, 0.6) is 5.75 Å². The van der Waals surface area contributed by atoms with Gasteiger partial charge in [0.15, 0.2) is 0 Å². The molecule has 0 aliphatic rings. The van der Waals surface area contributed by atoms with Crippen LogP contribution in [0.3, 0.4) is 0 Å². The van der Waals surface area contributed by atoms with Crippen molar-refractivity contribution in [3.8, 4) is 17.1 Å². The SMILES string of the molecule is CCCOc1cccc(-c2nc(CC)cc(=O)[nH]2)c1. The number of hydrogen-bond acceptors (Lipinski definition) is 3. The van der Waals surface area contributed by atoms with E-state index in [1.54, 1.807) is 0 Å². The van der Waals surface area contributed by atoms with Crippen LogP contribution >= 0.6 is 0 Å². The summed E-state index contributed by atoms with van der Waals surface area (Å²) in [5.74, 6) is 1.38. The molecule has 0 radical (unpaired) electrons. The van der Waals surface area contributed by atoms with Crippen LogP contribution in [-0.2, 0) is 6.42 Å². The van der Waals surface area contributed by atoms with Crippen molar-refractivity contribution in [1.82, 2.24) is 9.97 Å². The van der Waals surface area contributed by atoms with Crippen molar-refractivity contribution in [2.45, 2.75) is 26.7 Å². The molecule has 2 rings (SSSR count). The van der Waals surface area contributed by atoms with Crippen LogP contribution in [0.4, 0.5) is 0 Å². The summed E-state index contributed by atoms with van der Waals surface area (Å²) in [6.45, 7) is 4.72. The predicted molar refractivity (Wildman–Crippen MR) is 75.5 cm³/mol. The molecule has 0 aliphatic heterocycles. The summed E-state index contributed by atoms with van der Waals surface area (Å²) in [4.78, 5) is 18.8. The topological polar surface area (TPSA) is 55.0 Å². The van der Waals surface area contributed by atoms with E-state index in [2.05, 4.69) is 16.9 Å². The van der Waals surface area contributed by atoms with Gasteiger partial charge in [0.25, 0.3) is 5.56 Å². The van der Waals surface area contributed by atoms with Gasteiger partial charge in [-0.05, 0) is 25.0 Å². The Balaban J connectivity index is 2.35. The second kappa shape index (κ2) is 6.18. The van der Waals surface area contributed by atoms with E-state index in [1.165, 1.54) is 6.07 Å². The van der Waals surface area contributed by atoms with E-state index in [4.69, 9.17) is 4.74 Å². The molecule has 2 aromatic rings. The Kier molecular flexibility index (Phi) is 4.34. The van der Waals surface area contributed by atoms with Gasteiger partial charge in [-0.3, -0.25) is 4.79 Å². The molecule has 0 aliphatic carbocycles. The molecule has 1 heterocycles. The summed E-state index contributed by atoms with van der Waals surface area (Å²) in [7, 11) is 0. The molecular formula is C15H18N2O2. The Morgan fingerprint density at radius 1 is 1.26 bits per heavy atom. The van der Waals surface area contributed by atoms with Crippen LogP contribution in [0.25, 0.3) is 11.4 Å². The van der Waals surface area contributed by atoms with Gasteiger partial charge in [0.05, 0.1) is 6.61 Å². The Bertz CT molecular complexity index is 605. The maximum absolute atomic E-state index is 11.6. The molecule has 4 heteroatoms. The maximum atomic E-state index is 11.6. The van der Waals surface area contributed by atoms with Gasteiger partial charge in [0.1, 0.15) is 11.6 Å². The number of hydrogen-bond donors (Lipinski definition) is 1. The molecule has 0 spiro atoms. The first-order valence-corrected chi connectivity index (χ1v) is 6.56. The highest BCUT2D eigenvalue weighted by molar-refractivity contribution is 5.57. The number of aryl methyl sites for hydroxylation is 1. The monoisotopic (exact) mass is 258 g/mol. The molecule has 0 saturated carbocycles. The van der Waals surface area contributed by atoms with Gasteiger partial charge in [0, 0.05) is 17.3 Å². The van der Waals surface area contributed by atoms with E-state index in [0.29, 0.717) is 12.4 Å². The number of aromatic amines is 1. The molecular weight excluding hydrogens is 240 g/mol. The van der Waals surface area contributed by atoms with Gasteiger partial charge in [-0.2, -0.15) is 0 Å². The van der Waals surface area contributed by atoms with Gasteiger partial charge in [0.2, 0.25) is 0 Å². The van der Waals surface area contributed by atoms with Gasteiger partial charge in [-0.25, -0.2) is 4.98 Å². The summed E-state index contributed by atoms with van der Waals surface area (Å²) in [5.41, 5.74) is 1.53. The number of nitrogens with zero attached hydrogens (tertiary/aromatic N) is 1. The molecule has 0 bridgehead atoms. The molecule has 0 saturated heterocycles. The van der Waals surface area contributed by atoms with Crippen LogP contribution in [0.15, 0.2) is 35.1 Å². The molecule has 0 atom stereocenters. The average molecular weight is 258 g/mol. The van der Waals surface area contributed by atoms with Crippen molar-refractivity contribution in [2.24, 2.45) is 0 Å². The molecule has 0 unspecified atom stereocenters. The summed E-state index contributed by atoms with van der Waals surface area (Å²) in [5, 5.41) is 0. The summed E-state index contributed by atoms with van der Waals surface area (Å²) in [6, 6.07) is 9.14. The van der Waals surface area contributed by atoms with Gasteiger partial charge in [-0.15, -0.1) is 0 Å². The molecule has 100 valence electrons. The fraction of sp³-hybridized carbons (Fsp3) is 0.333. The number of H-pyrrole nitrogens is 1. The third-order valence-electron chi connectivity index (χ3n) is 2.74. The zero-order valence-electron chi connectivity index (χ0n) is 11.3. The quantitative estimate of drug-likeness (QED) is 0.897. The van der Waals surface area contributed by atoms with Crippen molar-refractivity contribution in [2.75, 3.05) is 6.61 Å². The zero-order valence-corrected chi connectivity index (χ0v) is 11.3. The highest BCUT2D eigenvalue weighted by Gasteiger charge is 2.04. The number of benzene rings is 1. The minimum Gasteiger partial charge on any atom is -0.494 e. The van der Waals surface area contributed by atoms with E-state index < -0.39 is 0 Å². The Labute approximate surface area is 112 Å². The van der Waals surface area contributed by atoms with E-state index in [0.717, 1.165) is 29.8 Å². The second-order valence-electron chi connectivity index (χ2n) is 4.32. The van der Waals surface area contributed by atoms with E-state index in [-0.39, 0.29) is 5.56 Å². The zero-order chi connectivity index (χ0) is 13.7. The van der Waals surface area contributed by atoms with Gasteiger partial charge < -0.3 is 9.72 Å². The molecule has 1 aromatic heterocycles. The minimum atomic E-state index is -0.123. The van der Waals surface area contributed by atoms with Gasteiger partial charge >= 0.3 is 0 Å². The fourth-order valence-corrected chi connectivity index (χ4v) is 1.78. The van der Waals surface area contributed by atoms with Crippen LogP contribution in [0, 0.1) is 0 Å². The van der Waals surface area contributed by atoms with Crippen LogP contribution in [-0.4, -0.2) is 16.6 Å². The Morgan fingerprint density at radius 2 is 2.11 bits per heavy atom. The van der Waals surface area contributed by atoms with Gasteiger partial charge in [-0.1, -0.05) is 26.0 Å². The largest absolute Gasteiger partial charge is 0.494 e. The van der Waals surface area contributed by atoms with Crippen LogP contribution < -0.4 is 10.3 Å². The van der Waals surface area contributed by atoms with Crippen molar-refractivity contribution in [3.63, 3.8) is 0 Å². The van der Waals surface area contributed by atoms with E-state index in [9.17, 15) is 4.79 Å². The number of ether oxygens (including phenoxy) is 1. The molecule has 4 nitrogen and oxygen atoms in total. The smallest absolute Gasteiger partial charge is 0.251 e. The second-order valence-corrected chi connectivity index (χ2v) is 4.32. The van der Waals surface area contributed by atoms with Crippen molar-refractivity contribution in [1.29, 1.82) is 0 Å². The molecule has 19 heavy (non-hydrogen) atoms. The average Bonchev–Trinajstić information content (AvgIpc) is 2.44. The lowest BCUT2D eigenvalue weighted by atomic mass is 10.2. The number of nitrogens with one attached hydrogen (secondary N) is 1. The molecule has 1 N–H and O–H groups in total. The standard InChI is InChI=1S/C15H18N2O2/c1-3-8-19-13-7-5-6-11(9-13)15-16-12(4-2)10-14(18)17-15/h5-7,9-10H,3-4,8H2,1-2H3,(H,16,17,18). The third-order valence-corrected chi connectivity index (χ3v) is 2.74. The molecule has 0 fully saturated rings. The molecule has 1 aromatic carbocycles. The van der Waals surface area contributed by atoms with Crippen molar-refractivity contribution >= 4 is 0 Å². The summed E-state index contributed by atoms with van der Waals surface area (Å²) >= 11 is 0. The number of rotatable bonds is 5. The predicted octanol–water partition coefficient (Wildman–Crippen LogP) is 2.79. The third kappa shape index (κ3) is 3.44. The lowest BCUT2D eigenvalue weighted by Crippen LogP contribution is -2.10. The highest BCUT2D eigenvalue weighted by Crippen LogP contribution is 2.20. The van der Waals surface area contributed by atoms with Crippen molar-refractivity contribution in [3.05, 3.63) is 46.4 Å². The maximum Gasteiger partial charge on any atom is 0.251 e. The summed E-state index contributed by atoms with van der Waals surface area (Å²) in [6.07, 6.45) is 1.70. The normalized spacial score (nSPS) is 10.4. The minimum absolute atomic E-state index is 0.123. The fourth-order valence-electron chi connectivity index (χ4n) is 1.78. The van der Waals surface area contributed by atoms with E-state index in [1.807, 2.05) is 31.2 Å². The Morgan fingerprint density at radius 3 is 2.84 bits per heavy atom. The lowest BCUT2D eigenvalue weighted by Gasteiger charge is -2.07. The van der Waals surface area contributed by atoms with E-state index >= 15 is 0 Å². The summed E-state index contributed by atoms with van der Waals surface area (Å²) < 4.78 is 5.58. The first kappa shape index (κ1) is 13.3. The highest BCUT2D eigenvalue weighted by atomic mass is 16.5. The lowest BCUT2D eigenvalue weighted by molar-refractivity contribution is 0.317. The first-order valence-electron chi connectivity index (χ1n) is 6.56. The number of aromatic nitrogens is 2. The van der Waals surface area contributed by atoms with Crippen molar-refractivity contribution < 1.29 is 4.74 Å². The Hall–Kier alpha value is -2.10. The molecule has 0 amide bonds.